The molecule has 0 saturated carbocycles. The Hall–Kier alpha value is -3.23. The first-order chi connectivity index (χ1) is 14.8. The predicted molar refractivity (Wildman–Crippen MR) is 116 cm³/mol. The highest BCUT2D eigenvalue weighted by atomic mass is 35.5. The molecule has 158 valence electrons. The Morgan fingerprint density at radius 3 is 2.29 bits per heavy atom. The van der Waals surface area contributed by atoms with Crippen molar-refractivity contribution in [3.8, 4) is 0 Å². The number of nitrogens with one attached hydrogen (secondary N) is 1. The average Bonchev–Trinajstić information content (AvgIpc) is 3.21. The van der Waals surface area contributed by atoms with Crippen LogP contribution in [0, 0.1) is 5.82 Å². The van der Waals surface area contributed by atoms with Crippen LogP contribution in [0.5, 0.6) is 0 Å². The minimum atomic E-state index is -4.18. The lowest BCUT2D eigenvalue weighted by Gasteiger charge is -2.16. The van der Waals surface area contributed by atoms with Gasteiger partial charge < -0.3 is 0 Å². The number of hydrogen-bond donors (Lipinski definition) is 1. The van der Waals surface area contributed by atoms with Gasteiger partial charge in [0, 0.05) is 10.9 Å². The molecule has 0 aromatic heterocycles. The first-order valence-electron chi connectivity index (χ1n) is 9.33. The van der Waals surface area contributed by atoms with E-state index in [9.17, 15) is 17.6 Å². The smallest absolute Gasteiger partial charge is 0.246 e. The van der Waals surface area contributed by atoms with Crippen molar-refractivity contribution in [1.82, 2.24) is 9.73 Å². The minimum absolute atomic E-state index is 0.159. The summed E-state index contributed by atoms with van der Waals surface area (Å²) >= 11 is 5.99. The van der Waals surface area contributed by atoms with Gasteiger partial charge in [0.05, 0.1) is 17.2 Å². The summed E-state index contributed by atoms with van der Waals surface area (Å²) in [6.07, 6.45) is 0. The van der Waals surface area contributed by atoms with Gasteiger partial charge in [0.15, 0.2) is 0 Å². The van der Waals surface area contributed by atoms with E-state index in [2.05, 4.69) is 5.10 Å². The van der Waals surface area contributed by atoms with Gasteiger partial charge in [-0.3, -0.25) is 0 Å². The van der Waals surface area contributed by atoms with Crippen LogP contribution >= 0.6 is 11.6 Å². The largest absolute Gasteiger partial charge is 0.351 e. The summed E-state index contributed by atoms with van der Waals surface area (Å²) in [6, 6.07) is 19.9. The van der Waals surface area contributed by atoms with E-state index in [1.165, 1.54) is 0 Å². The van der Waals surface area contributed by atoms with Crippen LogP contribution in [0.15, 0.2) is 88.9 Å². The van der Waals surface area contributed by atoms with Crippen LogP contribution in [0.4, 0.5) is 9.18 Å². The second-order valence-corrected chi connectivity index (χ2v) is 9.02. The molecule has 1 aliphatic heterocycles. The molecular formula is C22H17ClFN3O3S. The van der Waals surface area contributed by atoms with E-state index in [1.54, 1.807) is 24.3 Å². The van der Waals surface area contributed by atoms with Crippen LogP contribution in [-0.2, 0) is 10.0 Å². The maximum absolute atomic E-state index is 13.1. The van der Waals surface area contributed by atoms with Crippen molar-refractivity contribution in [2.75, 3.05) is 6.54 Å². The highest BCUT2D eigenvalue weighted by molar-refractivity contribution is 7.90. The SMILES string of the molecule is O=C(NS(=O)(=O)c1ccc(F)cc1)N1CC(c2ccccc2)C(c2ccc(Cl)cc2)=N1. The summed E-state index contributed by atoms with van der Waals surface area (Å²) in [4.78, 5) is 12.5. The summed E-state index contributed by atoms with van der Waals surface area (Å²) in [5, 5.41) is 6.06. The monoisotopic (exact) mass is 457 g/mol. The molecule has 0 aliphatic carbocycles. The maximum atomic E-state index is 13.1. The van der Waals surface area contributed by atoms with E-state index in [0.717, 1.165) is 40.4 Å². The van der Waals surface area contributed by atoms with Gasteiger partial charge in [0.1, 0.15) is 5.82 Å². The van der Waals surface area contributed by atoms with Gasteiger partial charge in [0.2, 0.25) is 0 Å². The molecule has 1 N–H and O–H groups in total. The van der Waals surface area contributed by atoms with Crippen molar-refractivity contribution >= 4 is 33.4 Å². The zero-order valence-electron chi connectivity index (χ0n) is 16.1. The first kappa shape index (κ1) is 21.0. The average molecular weight is 458 g/mol. The van der Waals surface area contributed by atoms with Gasteiger partial charge >= 0.3 is 6.03 Å². The fraction of sp³-hybridized carbons (Fsp3) is 0.0909. The third-order valence-electron chi connectivity index (χ3n) is 4.84. The van der Waals surface area contributed by atoms with Crippen LogP contribution < -0.4 is 4.72 Å². The lowest BCUT2D eigenvalue weighted by molar-refractivity contribution is 0.210. The second-order valence-electron chi connectivity index (χ2n) is 6.90. The molecule has 3 aromatic rings. The lowest BCUT2D eigenvalue weighted by atomic mass is 9.91. The van der Waals surface area contributed by atoms with Crippen molar-refractivity contribution in [2.45, 2.75) is 10.8 Å². The summed E-state index contributed by atoms with van der Waals surface area (Å²) < 4.78 is 40.1. The van der Waals surface area contributed by atoms with E-state index in [1.807, 2.05) is 35.1 Å². The van der Waals surface area contributed by atoms with Crippen LogP contribution in [0.1, 0.15) is 17.0 Å². The molecular weight excluding hydrogens is 441 g/mol. The third kappa shape index (κ3) is 4.60. The highest BCUT2D eigenvalue weighted by Gasteiger charge is 2.33. The second kappa shape index (κ2) is 8.49. The van der Waals surface area contributed by atoms with E-state index in [0.29, 0.717) is 10.7 Å². The number of carbonyl (C=O) groups excluding carboxylic acids is 1. The number of amides is 2. The van der Waals surface area contributed by atoms with E-state index in [-0.39, 0.29) is 17.4 Å². The molecule has 2 amide bonds. The van der Waals surface area contributed by atoms with Gasteiger partial charge in [-0.25, -0.2) is 27.3 Å². The zero-order valence-corrected chi connectivity index (χ0v) is 17.6. The van der Waals surface area contributed by atoms with Gasteiger partial charge in [0.25, 0.3) is 10.0 Å². The van der Waals surface area contributed by atoms with Gasteiger partial charge in [-0.1, -0.05) is 54.1 Å². The van der Waals surface area contributed by atoms with Gasteiger partial charge in [-0.2, -0.15) is 5.10 Å². The summed E-state index contributed by atoms with van der Waals surface area (Å²) in [6.45, 7) is 0.159. The highest BCUT2D eigenvalue weighted by Crippen LogP contribution is 2.29. The quantitative estimate of drug-likeness (QED) is 0.631. The fourth-order valence-corrected chi connectivity index (χ4v) is 4.37. The standard InChI is InChI=1S/C22H17ClFN3O3S/c23-17-8-6-16(7-9-17)21-20(15-4-2-1-3-5-15)14-27(25-21)22(28)26-31(29,30)19-12-10-18(24)11-13-19/h1-13,20H,14H2,(H,26,28). The van der Waals surface area contributed by atoms with Crippen LogP contribution in [0.25, 0.3) is 0 Å². The number of urea groups is 1. The molecule has 6 nitrogen and oxygen atoms in total. The molecule has 9 heteroatoms. The van der Waals surface area contributed by atoms with Crippen molar-refractivity contribution in [3.63, 3.8) is 0 Å². The molecule has 4 rings (SSSR count). The molecule has 0 fully saturated rings. The third-order valence-corrected chi connectivity index (χ3v) is 6.42. The van der Waals surface area contributed by atoms with Crippen molar-refractivity contribution in [2.24, 2.45) is 5.10 Å². The van der Waals surface area contributed by atoms with Gasteiger partial charge in [-0.05, 0) is 47.5 Å². The molecule has 0 saturated heterocycles. The normalized spacial score (nSPS) is 16.1. The number of nitrogens with zero attached hydrogens (tertiary/aromatic N) is 2. The Morgan fingerprint density at radius 2 is 1.65 bits per heavy atom. The molecule has 0 spiro atoms. The number of halogens is 2. The van der Waals surface area contributed by atoms with Crippen LogP contribution in [0.2, 0.25) is 5.02 Å². The summed E-state index contributed by atoms with van der Waals surface area (Å²) in [5.41, 5.74) is 2.33. The van der Waals surface area contributed by atoms with Crippen molar-refractivity contribution in [1.29, 1.82) is 0 Å². The van der Waals surface area contributed by atoms with Crippen LogP contribution in [-0.4, -0.2) is 31.7 Å². The Balaban J connectivity index is 1.62. The lowest BCUT2D eigenvalue weighted by Crippen LogP contribution is -2.39. The Labute approximate surface area is 184 Å². The number of carbonyl (C=O) groups is 1. The molecule has 0 radical (unpaired) electrons. The van der Waals surface area contributed by atoms with E-state index >= 15 is 0 Å². The summed E-state index contributed by atoms with van der Waals surface area (Å²) in [7, 11) is -4.18. The molecule has 31 heavy (non-hydrogen) atoms. The fourth-order valence-electron chi connectivity index (χ4n) is 3.30. The summed E-state index contributed by atoms with van der Waals surface area (Å²) in [5.74, 6) is -0.825. The number of benzene rings is 3. The number of hydrogen-bond acceptors (Lipinski definition) is 4. The van der Waals surface area contributed by atoms with Crippen molar-refractivity contribution in [3.05, 3.63) is 101 Å². The first-order valence-corrected chi connectivity index (χ1v) is 11.2. The van der Waals surface area contributed by atoms with E-state index in [4.69, 9.17) is 11.6 Å². The predicted octanol–water partition coefficient (Wildman–Crippen LogP) is 4.38. The zero-order chi connectivity index (χ0) is 22.0. The number of hydrazone groups is 1. The van der Waals surface area contributed by atoms with Crippen molar-refractivity contribution < 1.29 is 17.6 Å². The maximum Gasteiger partial charge on any atom is 0.351 e. The Morgan fingerprint density at radius 1 is 1.00 bits per heavy atom. The molecule has 1 aliphatic rings. The Bertz CT molecular complexity index is 1230. The number of rotatable bonds is 4. The van der Waals surface area contributed by atoms with E-state index < -0.39 is 21.9 Å². The molecule has 1 atom stereocenters. The van der Waals surface area contributed by atoms with Crippen LogP contribution in [0.3, 0.4) is 0 Å². The number of sulfonamides is 1. The van der Waals surface area contributed by atoms with Gasteiger partial charge in [-0.15, -0.1) is 0 Å². The minimum Gasteiger partial charge on any atom is -0.246 e. The molecule has 0 bridgehead atoms. The molecule has 1 heterocycles. The Kier molecular flexibility index (Phi) is 5.75. The molecule has 1 unspecified atom stereocenters. The molecule has 3 aromatic carbocycles. The topological polar surface area (TPSA) is 78.8 Å².